The molecule has 0 bridgehead atoms. The number of H-pyrrole nitrogens is 1. The fourth-order valence-corrected chi connectivity index (χ4v) is 3.55. The van der Waals surface area contributed by atoms with Crippen molar-refractivity contribution in [1.29, 1.82) is 0 Å². The maximum absolute atomic E-state index is 3.41. The van der Waals surface area contributed by atoms with Crippen LogP contribution >= 0.6 is 0 Å². The van der Waals surface area contributed by atoms with Crippen LogP contribution in [-0.2, 0) is 0 Å². The summed E-state index contributed by atoms with van der Waals surface area (Å²) in [5.74, 6) is 0. The lowest BCUT2D eigenvalue weighted by Crippen LogP contribution is -2.39. The van der Waals surface area contributed by atoms with E-state index in [0.29, 0.717) is 11.6 Å². The Labute approximate surface area is 109 Å². The average Bonchev–Trinajstić information content (AvgIpc) is 2.89. The van der Waals surface area contributed by atoms with Gasteiger partial charge in [-0.15, -0.1) is 0 Å². The molecule has 2 nitrogen and oxygen atoms in total. The van der Waals surface area contributed by atoms with Crippen molar-refractivity contribution in [2.45, 2.75) is 45.2 Å². The van der Waals surface area contributed by atoms with Gasteiger partial charge in [0, 0.05) is 28.7 Å². The van der Waals surface area contributed by atoms with E-state index in [-0.39, 0.29) is 0 Å². The molecule has 1 aromatic carbocycles. The SMILES string of the molecule is CCN1[C@@H](c2c[nH]c3ccccc23)CCC1(C)C. The molecule has 0 saturated carbocycles. The van der Waals surface area contributed by atoms with Gasteiger partial charge < -0.3 is 4.98 Å². The molecular weight excluding hydrogens is 220 g/mol. The van der Waals surface area contributed by atoms with Gasteiger partial charge in [-0.1, -0.05) is 25.1 Å². The molecule has 2 aromatic rings. The molecule has 1 aliphatic heterocycles. The number of hydrogen-bond acceptors (Lipinski definition) is 1. The predicted octanol–water partition coefficient (Wildman–Crippen LogP) is 4.10. The number of nitrogens with zero attached hydrogens (tertiary/aromatic N) is 1. The Morgan fingerprint density at radius 1 is 1.33 bits per heavy atom. The first-order chi connectivity index (χ1) is 8.63. The number of fused-ring (bicyclic) bond motifs is 1. The molecule has 0 amide bonds. The van der Waals surface area contributed by atoms with Gasteiger partial charge in [-0.25, -0.2) is 0 Å². The van der Waals surface area contributed by atoms with E-state index < -0.39 is 0 Å². The van der Waals surface area contributed by atoms with Crippen molar-refractivity contribution in [3.8, 4) is 0 Å². The number of aromatic nitrogens is 1. The van der Waals surface area contributed by atoms with E-state index in [9.17, 15) is 0 Å². The molecular formula is C16H22N2. The number of hydrogen-bond donors (Lipinski definition) is 1. The van der Waals surface area contributed by atoms with Crippen LogP contribution in [0.15, 0.2) is 30.5 Å². The summed E-state index contributed by atoms with van der Waals surface area (Å²) in [4.78, 5) is 6.05. The highest BCUT2D eigenvalue weighted by Crippen LogP contribution is 2.43. The molecule has 0 radical (unpaired) electrons. The monoisotopic (exact) mass is 242 g/mol. The quantitative estimate of drug-likeness (QED) is 0.840. The molecule has 1 N–H and O–H groups in total. The minimum absolute atomic E-state index is 0.331. The Kier molecular flexibility index (Phi) is 2.70. The van der Waals surface area contributed by atoms with Crippen LogP contribution in [0.1, 0.15) is 45.2 Å². The van der Waals surface area contributed by atoms with E-state index in [2.05, 4.69) is 61.1 Å². The van der Waals surface area contributed by atoms with Gasteiger partial charge >= 0.3 is 0 Å². The van der Waals surface area contributed by atoms with E-state index in [0.717, 1.165) is 6.54 Å². The van der Waals surface area contributed by atoms with Gasteiger partial charge in [-0.2, -0.15) is 0 Å². The van der Waals surface area contributed by atoms with E-state index in [4.69, 9.17) is 0 Å². The molecule has 18 heavy (non-hydrogen) atoms. The molecule has 3 rings (SSSR count). The van der Waals surface area contributed by atoms with Crippen molar-refractivity contribution >= 4 is 10.9 Å². The summed E-state index contributed by atoms with van der Waals surface area (Å²) in [6.45, 7) is 8.13. The number of aromatic amines is 1. The van der Waals surface area contributed by atoms with Crippen LogP contribution in [0.3, 0.4) is 0 Å². The van der Waals surface area contributed by atoms with E-state index >= 15 is 0 Å². The van der Waals surface area contributed by atoms with Crippen molar-refractivity contribution in [3.63, 3.8) is 0 Å². The van der Waals surface area contributed by atoms with Gasteiger partial charge in [0.05, 0.1) is 0 Å². The van der Waals surface area contributed by atoms with Crippen LogP contribution in [0, 0.1) is 0 Å². The van der Waals surface area contributed by atoms with Gasteiger partial charge in [0.15, 0.2) is 0 Å². The zero-order valence-corrected chi connectivity index (χ0v) is 11.5. The zero-order chi connectivity index (χ0) is 12.8. The van der Waals surface area contributed by atoms with Gasteiger partial charge in [0.2, 0.25) is 0 Å². The van der Waals surface area contributed by atoms with Crippen LogP contribution < -0.4 is 0 Å². The van der Waals surface area contributed by atoms with Crippen LogP contribution in [0.25, 0.3) is 10.9 Å². The van der Waals surface area contributed by atoms with Crippen molar-refractivity contribution in [3.05, 3.63) is 36.0 Å². The summed E-state index contributed by atoms with van der Waals surface area (Å²) in [6.07, 6.45) is 4.76. The standard InChI is InChI=1S/C16H22N2/c1-4-18-15(9-10-16(18,2)3)13-11-17-14-8-6-5-7-12(13)14/h5-8,11,15,17H,4,9-10H2,1-3H3/t15-/m1/s1. The summed E-state index contributed by atoms with van der Waals surface area (Å²) in [6, 6.07) is 9.20. The minimum Gasteiger partial charge on any atom is -0.361 e. The highest BCUT2D eigenvalue weighted by atomic mass is 15.2. The van der Waals surface area contributed by atoms with Crippen molar-refractivity contribution < 1.29 is 0 Å². The number of nitrogens with one attached hydrogen (secondary N) is 1. The van der Waals surface area contributed by atoms with Gasteiger partial charge in [-0.05, 0) is 44.9 Å². The maximum atomic E-state index is 3.41. The Morgan fingerprint density at radius 3 is 2.89 bits per heavy atom. The second-order valence-electron chi connectivity index (χ2n) is 5.94. The Morgan fingerprint density at radius 2 is 2.11 bits per heavy atom. The van der Waals surface area contributed by atoms with Crippen molar-refractivity contribution in [2.75, 3.05) is 6.54 Å². The fourth-order valence-electron chi connectivity index (χ4n) is 3.55. The molecule has 96 valence electrons. The first kappa shape index (κ1) is 11.8. The van der Waals surface area contributed by atoms with E-state index in [1.165, 1.54) is 29.3 Å². The number of likely N-dealkylation sites (tertiary alicyclic amines) is 1. The molecule has 0 unspecified atom stereocenters. The van der Waals surface area contributed by atoms with Crippen LogP contribution in [-0.4, -0.2) is 22.0 Å². The first-order valence-electron chi connectivity index (χ1n) is 6.96. The number of rotatable bonds is 2. The summed E-state index contributed by atoms with van der Waals surface area (Å²) < 4.78 is 0. The second-order valence-corrected chi connectivity index (χ2v) is 5.94. The molecule has 1 fully saturated rings. The van der Waals surface area contributed by atoms with Crippen molar-refractivity contribution in [2.24, 2.45) is 0 Å². The topological polar surface area (TPSA) is 19.0 Å². The normalized spacial score (nSPS) is 23.8. The molecule has 0 spiro atoms. The zero-order valence-electron chi connectivity index (χ0n) is 11.5. The van der Waals surface area contributed by atoms with E-state index in [1.807, 2.05) is 0 Å². The Balaban J connectivity index is 2.05. The van der Waals surface area contributed by atoms with Gasteiger partial charge in [-0.3, -0.25) is 4.90 Å². The molecule has 1 aliphatic rings. The predicted molar refractivity (Wildman–Crippen MR) is 76.7 cm³/mol. The molecule has 1 saturated heterocycles. The largest absolute Gasteiger partial charge is 0.361 e. The van der Waals surface area contributed by atoms with E-state index in [1.54, 1.807) is 0 Å². The summed E-state index contributed by atoms with van der Waals surface area (Å²) in [5.41, 5.74) is 3.06. The number of para-hydroxylation sites is 1. The van der Waals surface area contributed by atoms with Crippen molar-refractivity contribution in [1.82, 2.24) is 9.88 Å². The Hall–Kier alpha value is -1.28. The summed E-state index contributed by atoms with van der Waals surface area (Å²) in [5, 5.41) is 1.39. The molecule has 0 aliphatic carbocycles. The second kappa shape index (κ2) is 4.13. The molecule has 2 heterocycles. The first-order valence-corrected chi connectivity index (χ1v) is 6.96. The van der Waals surface area contributed by atoms with Crippen LogP contribution in [0.2, 0.25) is 0 Å². The third-order valence-corrected chi connectivity index (χ3v) is 4.50. The average molecular weight is 242 g/mol. The third kappa shape index (κ3) is 1.67. The van der Waals surface area contributed by atoms with Gasteiger partial charge in [0.25, 0.3) is 0 Å². The fraction of sp³-hybridized carbons (Fsp3) is 0.500. The third-order valence-electron chi connectivity index (χ3n) is 4.50. The van der Waals surface area contributed by atoms with Crippen LogP contribution in [0.5, 0.6) is 0 Å². The lowest BCUT2D eigenvalue weighted by molar-refractivity contribution is 0.138. The lowest BCUT2D eigenvalue weighted by atomic mass is 10.0. The maximum Gasteiger partial charge on any atom is 0.0457 e. The smallest absolute Gasteiger partial charge is 0.0457 e. The molecule has 1 atom stereocenters. The highest BCUT2D eigenvalue weighted by Gasteiger charge is 2.39. The summed E-state index contributed by atoms with van der Waals surface area (Å²) >= 11 is 0. The van der Waals surface area contributed by atoms with Crippen LogP contribution in [0.4, 0.5) is 0 Å². The Bertz CT molecular complexity index is 553. The lowest BCUT2D eigenvalue weighted by Gasteiger charge is -2.34. The molecule has 2 heteroatoms. The summed E-state index contributed by atoms with van der Waals surface area (Å²) in [7, 11) is 0. The minimum atomic E-state index is 0.331. The molecule has 1 aromatic heterocycles. The highest BCUT2D eigenvalue weighted by molar-refractivity contribution is 5.83. The number of benzene rings is 1. The van der Waals surface area contributed by atoms with Gasteiger partial charge in [0.1, 0.15) is 0 Å².